The largest absolute Gasteiger partial charge is 0.379 e. The van der Waals surface area contributed by atoms with Gasteiger partial charge in [0, 0.05) is 30.0 Å². The molecule has 0 radical (unpaired) electrons. The molecule has 3 rings (SSSR count). The maximum absolute atomic E-state index is 12.9. The number of aryl methyl sites for hydroxylation is 1. The number of carbonyl (C=O) groups is 1. The second-order valence-electron chi connectivity index (χ2n) is 7.45. The van der Waals surface area contributed by atoms with Crippen molar-refractivity contribution in [1.29, 1.82) is 0 Å². The van der Waals surface area contributed by atoms with Crippen LogP contribution in [-0.2, 0) is 24.8 Å². The van der Waals surface area contributed by atoms with Crippen LogP contribution in [0.25, 0.3) is 0 Å². The van der Waals surface area contributed by atoms with Gasteiger partial charge >= 0.3 is 0 Å². The minimum Gasteiger partial charge on any atom is -0.379 e. The monoisotopic (exact) mass is 481 g/mol. The van der Waals surface area contributed by atoms with Crippen molar-refractivity contribution in [2.75, 3.05) is 42.1 Å². The molecule has 1 fully saturated rings. The average Bonchev–Trinajstić information content (AvgIpc) is 2.75. The molecule has 2 N–H and O–H groups in total. The van der Waals surface area contributed by atoms with Crippen molar-refractivity contribution in [1.82, 2.24) is 4.31 Å². The Morgan fingerprint density at radius 1 is 1.00 bits per heavy atom. The fourth-order valence-corrected chi connectivity index (χ4v) is 5.83. The van der Waals surface area contributed by atoms with E-state index in [9.17, 15) is 21.6 Å². The number of nitrogens with zero attached hydrogens (tertiary/aromatic N) is 1. The van der Waals surface area contributed by atoms with E-state index in [0.717, 1.165) is 0 Å². The molecular formula is C21H27N3O6S2. The van der Waals surface area contributed by atoms with Gasteiger partial charge in [-0.05, 0) is 55.3 Å². The molecule has 1 aliphatic rings. The molecule has 1 heterocycles. The highest BCUT2D eigenvalue weighted by molar-refractivity contribution is 7.92. The summed E-state index contributed by atoms with van der Waals surface area (Å²) >= 11 is 0. The minimum absolute atomic E-state index is 0.0223. The van der Waals surface area contributed by atoms with Gasteiger partial charge in [0.25, 0.3) is 5.91 Å². The Balaban J connectivity index is 1.76. The highest BCUT2D eigenvalue weighted by Gasteiger charge is 2.27. The van der Waals surface area contributed by atoms with Crippen LogP contribution in [0.4, 0.5) is 11.4 Å². The molecule has 0 atom stereocenters. The molecule has 32 heavy (non-hydrogen) atoms. The van der Waals surface area contributed by atoms with E-state index in [1.807, 2.05) is 0 Å². The lowest BCUT2D eigenvalue weighted by atomic mass is 10.1. The summed E-state index contributed by atoms with van der Waals surface area (Å²) in [4.78, 5) is 12.9. The molecule has 1 amide bonds. The van der Waals surface area contributed by atoms with Crippen molar-refractivity contribution in [2.24, 2.45) is 0 Å². The van der Waals surface area contributed by atoms with Gasteiger partial charge in [0.2, 0.25) is 20.0 Å². The fourth-order valence-electron chi connectivity index (χ4n) is 3.26. The van der Waals surface area contributed by atoms with Gasteiger partial charge in [-0.1, -0.05) is 13.0 Å². The number of benzene rings is 2. The molecule has 1 saturated heterocycles. The first kappa shape index (κ1) is 24.2. The van der Waals surface area contributed by atoms with Crippen molar-refractivity contribution < 1.29 is 26.4 Å². The number of hydrogen-bond acceptors (Lipinski definition) is 6. The van der Waals surface area contributed by atoms with E-state index in [2.05, 4.69) is 10.0 Å². The molecule has 0 bridgehead atoms. The van der Waals surface area contributed by atoms with Gasteiger partial charge in [-0.3, -0.25) is 9.52 Å². The number of morpholine rings is 1. The molecule has 2 aromatic carbocycles. The second-order valence-corrected chi connectivity index (χ2v) is 11.2. The van der Waals surface area contributed by atoms with Crippen LogP contribution >= 0.6 is 0 Å². The fraction of sp³-hybridized carbons (Fsp3) is 0.381. The van der Waals surface area contributed by atoms with Crippen molar-refractivity contribution >= 4 is 37.3 Å². The number of hydrogen-bond donors (Lipinski definition) is 2. The number of nitrogens with one attached hydrogen (secondary N) is 2. The summed E-state index contributed by atoms with van der Waals surface area (Å²) in [6.07, 6.45) is 0.503. The first-order chi connectivity index (χ1) is 15.1. The van der Waals surface area contributed by atoms with Crippen LogP contribution in [0.1, 0.15) is 29.3 Å². The summed E-state index contributed by atoms with van der Waals surface area (Å²) in [7, 11) is -7.13. The summed E-state index contributed by atoms with van der Waals surface area (Å²) in [6, 6.07) is 10.7. The highest BCUT2D eigenvalue weighted by Crippen LogP contribution is 2.22. The molecule has 0 unspecified atom stereocenters. The summed E-state index contributed by atoms with van der Waals surface area (Å²) in [5.41, 5.74) is 1.72. The quantitative estimate of drug-likeness (QED) is 0.597. The van der Waals surface area contributed by atoms with Crippen molar-refractivity contribution in [3.05, 3.63) is 53.6 Å². The normalized spacial score (nSPS) is 15.3. The number of carbonyl (C=O) groups excluding carboxylic acids is 1. The molecule has 174 valence electrons. The van der Waals surface area contributed by atoms with E-state index in [4.69, 9.17) is 4.74 Å². The molecule has 1 aliphatic heterocycles. The van der Waals surface area contributed by atoms with Crippen LogP contribution in [-0.4, -0.2) is 59.1 Å². The van der Waals surface area contributed by atoms with Crippen LogP contribution in [0.15, 0.2) is 47.4 Å². The number of ether oxygens (including phenoxy) is 1. The first-order valence-electron chi connectivity index (χ1n) is 10.2. The lowest BCUT2D eigenvalue weighted by Crippen LogP contribution is -2.40. The Morgan fingerprint density at radius 2 is 1.62 bits per heavy atom. The Labute approximate surface area is 188 Å². The van der Waals surface area contributed by atoms with Gasteiger partial charge in [-0.2, -0.15) is 4.31 Å². The van der Waals surface area contributed by atoms with Gasteiger partial charge in [-0.25, -0.2) is 16.8 Å². The van der Waals surface area contributed by atoms with E-state index in [0.29, 0.717) is 36.6 Å². The average molecular weight is 482 g/mol. The SMILES string of the molecule is CCCS(=O)(=O)Nc1ccc(NC(=O)c2cc(S(=O)(=O)N3CCOCC3)ccc2C)cc1. The maximum Gasteiger partial charge on any atom is 0.255 e. The summed E-state index contributed by atoms with van der Waals surface area (Å²) < 4.78 is 58.6. The van der Waals surface area contributed by atoms with Crippen molar-refractivity contribution in [2.45, 2.75) is 25.2 Å². The van der Waals surface area contributed by atoms with Crippen LogP contribution in [0.5, 0.6) is 0 Å². The van der Waals surface area contributed by atoms with E-state index in [1.165, 1.54) is 16.4 Å². The molecular weight excluding hydrogens is 454 g/mol. The van der Waals surface area contributed by atoms with E-state index in [-0.39, 0.29) is 29.3 Å². The van der Waals surface area contributed by atoms with Crippen LogP contribution < -0.4 is 10.0 Å². The van der Waals surface area contributed by atoms with Crippen LogP contribution in [0.2, 0.25) is 0 Å². The lowest BCUT2D eigenvalue weighted by Gasteiger charge is -2.26. The van der Waals surface area contributed by atoms with Crippen molar-refractivity contribution in [3.8, 4) is 0 Å². The Hall–Kier alpha value is -2.47. The number of sulfonamides is 2. The van der Waals surface area contributed by atoms with E-state index >= 15 is 0 Å². The van der Waals surface area contributed by atoms with E-state index < -0.39 is 26.0 Å². The van der Waals surface area contributed by atoms with Gasteiger partial charge < -0.3 is 10.1 Å². The minimum atomic E-state index is -3.73. The smallest absolute Gasteiger partial charge is 0.255 e. The zero-order valence-electron chi connectivity index (χ0n) is 18.0. The van der Waals surface area contributed by atoms with Gasteiger partial charge in [0.1, 0.15) is 0 Å². The van der Waals surface area contributed by atoms with Gasteiger partial charge in [-0.15, -0.1) is 0 Å². The summed E-state index contributed by atoms with van der Waals surface area (Å²) in [6.45, 7) is 4.72. The Morgan fingerprint density at radius 3 is 2.25 bits per heavy atom. The summed E-state index contributed by atoms with van der Waals surface area (Å²) in [5, 5.41) is 2.73. The topological polar surface area (TPSA) is 122 Å². The zero-order chi connectivity index (χ0) is 23.4. The van der Waals surface area contributed by atoms with Gasteiger partial charge in [0.15, 0.2) is 0 Å². The molecule has 9 nitrogen and oxygen atoms in total. The van der Waals surface area contributed by atoms with Crippen LogP contribution in [0.3, 0.4) is 0 Å². The third-order valence-corrected chi connectivity index (χ3v) is 8.34. The van der Waals surface area contributed by atoms with Gasteiger partial charge in [0.05, 0.1) is 23.9 Å². The predicted octanol–water partition coefficient (Wildman–Crippen LogP) is 2.42. The second kappa shape index (κ2) is 9.99. The molecule has 2 aromatic rings. The summed E-state index contributed by atoms with van der Waals surface area (Å²) in [5.74, 6) is -0.435. The molecule has 0 spiro atoms. The Kier molecular flexibility index (Phi) is 7.55. The molecule has 0 saturated carbocycles. The first-order valence-corrected chi connectivity index (χ1v) is 13.3. The number of rotatable bonds is 8. The van der Waals surface area contributed by atoms with E-state index in [1.54, 1.807) is 44.2 Å². The predicted molar refractivity (Wildman–Crippen MR) is 123 cm³/mol. The number of amides is 1. The molecule has 0 aromatic heterocycles. The zero-order valence-corrected chi connectivity index (χ0v) is 19.6. The van der Waals surface area contributed by atoms with Crippen LogP contribution in [0, 0.1) is 6.92 Å². The maximum atomic E-state index is 12.9. The third-order valence-electron chi connectivity index (χ3n) is 4.95. The Bertz CT molecular complexity index is 1170. The molecule has 11 heteroatoms. The number of anilines is 2. The standard InChI is InChI=1S/C21H27N3O6S2/c1-3-14-31(26,27)23-18-7-5-17(6-8-18)22-21(25)20-15-19(9-4-16(20)2)32(28,29)24-10-12-30-13-11-24/h4-9,15,23H,3,10-14H2,1-2H3,(H,22,25). The third kappa shape index (κ3) is 5.85. The van der Waals surface area contributed by atoms with Crippen molar-refractivity contribution in [3.63, 3.8) is 0 Å². The highest BCUT2D eigenvalue weighted by atomic mass is 32.2. The molecule has 0 aliphatic carbocycles. The lowest BCUT2D eigenvalue weighted by molar-refractivity contribution is 0.0730.